The molecule has 0 aliphatic rings. The van der Waals surface area contributed by atoms with E-state index in [2.05, 4.69) is 13.7 Å². The molecule has 38 valence electrons. The molecule has 0 aliphatic heterocycles. The van der Waals surface area contributed by atoms with Crippen LogP contribution in [0, 0.1) is 0 Å². The Hall–Kier alpha value is 0.130. The van der Waals surface area contributed by atoms with E-state index in [1.54, 1.807) is 0 Å². The van der Waals surface area contributed by atoms with E-state index in [1.165, 1.54) is 6.32 Å². The van der Waals surface area contributed by atoms with Gasteiger partial charge in [0.25, 0.3) is 0 Å². The Morgan fingerprint density at radius 3 is 2.14 bits per heavy atom. The largest absolute Gasteiger partial charge is 0.130 e. The maximum Gasteiger partial charge on any atom is 0.130 e. The highest BCUT2D eigenvalue weighted by atomic mass is 13.7. The lowest BCUT2D eigenvalue weighted by Crippen LogP contribution is -2.11. The topological polar surface area (TPSA) is 0 Å². The SMILES string of the molecule is [B][C@H](C)B(C)CC. The molecular weight excluding hydrogens is 81.7 g/mol. The van der Waals surface area contributed by atoms with Gasteiger partial charge >= 0.3 is 0 Å². The summed E-state index contributed by atoms with van der Waals surface area (Å²) in [5, 5.41) is 0. The van der Waals surface area contributed by atoms with Gasteiger partial charge in [-0.05, 0) is 0 Å². The molecule has 2 radical (unpaired) electrons. The Bertz CT molecular complexity index is 43.3. The molecule has 0 bridgehead atoms. The zero-order valence-electron chi connectivity index (χ0n) is 5.44. The van der Waals surface area contributed by atoms with Crippen LogP contribution in [-0.4, -0.2) is 14.6 Å². The van der Waals surface area contributed by atoms with Crippen molar-refractivity contribution in [1.82, 2.24) is 0 Å². The summed E-state index contributed by atoms with van der Waals surface area (Å²) in [6.07, 6.45) is 1.19. The third-order valence-corrected chi connectivity index (χ3v) is 1.54. The lowest BCUT2D eigenvalue weighted by Gasteiger charge is -2.06. The molecule has 0 nitrogen and oxygen atoms in total. The van der Waals surface area contributed by atoms with Gasteiger partial charge in [-0.15, -0.1) is 0 Å². The van der Waals surface area contributed by atoms with Crippen molar-refractivity contribution >= 4 is 14.6 Å². The molecule has 0 aliphatic carbocycles. The van der Waals surface area contributed by atoms with Gasteiger partial charge in [-0.25, -0.2) is 0 Å². The molecule has 0 saturated carbocycles. The lowest BCUT2D eigenvalue weighted by atomic mass is 9.36. The second-order valence-corrected chi connectivity index (χ2v) is 2.24. The van der Waals surface area contributed by atoms with Gasteiger partial charge in [0, 0.05) is 0 Å². The molecule has 0 heterocycles. The van der Waals surface area contributed by atoms with E-state index in [-0.39, 0.29) is 0 Å². The molecule has 7 heavy (non-hydrogen) atoms. The molecule has 1 atom stereocenters. The Morgan fingerprint density at radius 2 is 2.14 bits per heavy atom. The van der Waals surface area contributed by atoms with Gasteiger partial charge in [0.2, 0.25) is 0 Å². The molecule has 0 aromatic heterocycles. The molecule has 0 aromatic carbocycles. The summed E-state index contributed by atoms with van der Waals surface area (Å²) in [6.45, 7) is 7.06. The molecule has 2 heteroatoms. The van der Waals surface area contributed by atoms with Crippen molar-refractivity contribution in [3.63, 3.8) is 0 Å². The molecular formula is C5H12B2. The monoisotopic (exact) mass is 94.1 g/mol. The maximum absolute atomic E-state index is 5.55. The van der Waals surface area contributed by atoms with Crippen LogP contribution in [0.4, 0.5) is 0 Å². The standard InChI is InChI=1S/C5H12B2/c1-4-7(3)5(2)6/h5H,4H2,1-3H3/t5-/m0/s1. The van der Waals surface area contributed by atoms with Crippen LogP contribution in [0.2, 0.25) is 18.9 Å². The summed E-state index contributed by atoms with van der Waals surface area (Å²) in [4.78, 5) is 0. The molecule has 0 unspecified atom stereocenters. The number of hydrogen-bond acceptors (Lipinski definition) is 0. The third kappa shape index (κ3) is 2.78. The Balaban J connectivity index is 3.14. The van der Waals surface area contributed by atoms with Crippen LogP contribution in [0.5, 0.6) is 0 Å². The van der Waals surface area contributed by atoms with Crippen molar-refractivity contribution in [2.45, 2.75) is 32.7 Å². The average molecular weight is 93.8 g/mol. The van der Waals surface area contributed by atoms with Crippen molar-refractivity contribution in [2.75, 3.05) is 0 Å². The predicted molar refractivity (Wildman–Crippen MR) is 37.3 cm³/mol. The minimum absolute atomic E-state index is 0.366. The summed E-state index contributed by atoms with van der Waals surface area (Å²) in [7, 11) is 5.55. The van der Waals surface area contributed by atoms with Crippen LogP contribution >= 0.6 is 0 Å². The van der Waals surface area contributed by atoms with Gasteiger partial charge in [-0.2, -0.15) is 0 Å². The van der Waals surface area contributed by atoms with Crippen LogP contribution in [-0.2, 0) is 0 Å². The molecule has 0 rings (SSSR count). The van der Waals surface area contributed by atoms with Crippen LogP contribution < -0.4 is 0 Å². The molecule has 0 aromatic rings. The minimum atomic E-state index is 0.366. The van der Waals surface area contributed by atoms with Gasteiger partial charge in [0.15, 0.2) is 0 Å². The van der Waals surface area contributed by atoms with Crippen molar-refractivity contribution in [3.05, 3.63) is 0 Å². The minimum Gasteiger partial charge on any atom is -0.0996 e. The van der Waals surface area contributed by atoms with Crippen LogP contribution in [0.3, 0.4) is 0 Å². The van der Waals surface area contributed by atoms with E-state index in [4.69, 9.17) is 7.85 Å². The predicted octanol–water partition coefficient (Wildman–Crippen LogP) is 1.65. The maximum atomic E-state index is 5.55. The fourth-order valence-corrected chi connectivity index (χ4v) is 0.372. The zero-order chi connectivity index (χ0) is 5.86. The van der Waals surface area contributed by atoms with Crippen LogP contribution in [0.15, 0.2) is 0 Å². The first-order chi connectivity index (χ1) is 3.18. The molecule has 0 spiro atoms. The van der Waals surface area contributed by atoms with Gasteiger partial charge in [0.05, 0.1) is 7.85 Å². The van der Waals surface area contributed by atoms with E-state index in [0.29, 0.717) is 12.4 Å². The second kappa shape index (κ2) is 3.17. The van der Waals surface area contributed by atoms with Crippen LogP contribution in [0.25, 0.3) is 0 Å². The fourth-order valence-electron chi connectivity index (χ4n) is 0.372. The van der Waals surface area contributed by atoms with E-state index >= 15 is 0 Å². The fraction of sp³-hybridized carbons (Fsp3) is 1.00. The summed E-state index contributed by atoms with van der Waals surface area (Å²) in [6, 6.07) is 0. The molecule has 0 N–H and O–H groups in total. The van der Waals surface area contributed by atoms with Crippen molar-refractivity contribution in [3.8, 4) is 0 Å². The smallest absolute Gasteiger partial charge is 0.0996 e. The van der Waals surface area contributed by atoms with Crippen LogP contribution in [0.1, 0.15) is 13.8 Å². The Labute approximate surface area is 48.2 Å². The Morgan fingerprint density at radius 1 is 1.71 bits per heavy atom. The summed E-state index contributed by atoms with van der Waals surface area (Å²) in [5.41, 5.74) is 0.366. The van der Waals surface area contributed by atoms with E-state index in [9.17, 15) is 0 Å². The molecule has 0 amide bonds. The molecule has 0 saturated heterocycles. The van der Waals surface area contributed by atoms with Gasteiger partial charge in [0.1, 0.15) is 6.71 Å². The normalized spacial score (nSPS) is 13.6. The first kappa shape index (κ1) is 7.13. The second-order valence-electron chi connectivity index (χ2n) is 2.24. The van der Waals surface area contributed by atoms with E-state index in [0.717, 1.165) is 0 Å². The first-order valence-corrected chi connectivity index (χ1v) is 2.94. The van der Waals surface area contributed by atoms with Gasteiger partial charge in [-0.3, -0.25) is 0 Å². The van der Waals surface area contributed by atoms with Crippen molar-refractivity contribution in [1.29, 1.82) is 0 Å². The highest BCUT2D eigenvalue weighted by molar-refractivity contribution is 6.66. The molecule has 0 fully saturated rings. The summed E-state index contributed by atoms with van der Waals surface area (Å²) in [5.74, 6) is 0. The van der Waals surface area contributed by atoms with E-state index in [1.807, 2.05) is 6.92 Å². The summed E-state index contributed by atoms with van der Waals surface area (Å²) < 4.78 is 0. The van der Waals surface area contributed by atoms with Crippen molar-refractivity contribution < 1.29 is 0 Å². The van der Waals surface area contributed by atoms with Gasteiger partial charge in [-0.1, -0.05) is 32.7 Å². The quantitative estimate of drug-likeness (QED) is 0.456. The van der Waals surface area contributed by atoms with E-state index < -0.39 is 0 Å². The number of rotatable bonds is 2. The van der Waals surface area contributed by atoms with Gasteiger partial charge < -0.3 is 0 Å². The average Bonchev–Trinajstić information content (AvgIpc) is 1.65. The zero-order valence-corrected chi connectivity index (χ0v) is 5.44. The third-order valence-electron chi connectivity index (χ3n) is 1.54. The first-order valence-electron chi connectivity index (χ1n) is 2.94. The Kier molecular flexibility index (Phi) is 3.23. The highest BCUT2D eigenvalue weighted by Gasteiger charge is 2.05. The van der Waals surface area contributed by atoms with Crippen molar-refractivity contribution in [2.24, 2.45) is 0 Å². The lowest BCUT2D eigenvalue weighted by molar-refractivity contribution is 1.24. The number of hydrogen-bond donors (Lipinski definition) is 0. The highest BCUT2D eigenvalue weighted by Crippen LogP contribution is 2.05. The summed E-state index contributed by atoms with van der Waals surface area (Å²) >= 11 is 0.